The van der Waals surface area contributed by atoms with Crippen molar-refractivity contribution in [2.75, 3.05) is 26.2 Å². The van der Waals surface area contributed by atoms with Gasteiger partial charge in [-0.15, -0.1) is 0 Å². The van der Waals surface area contributed by atoms with Crippen molar-refractivity contribution in [1.82, 2.24) is 15.1 Å². The average Bonchev–Trinajstić information content (AvgIpc) is 3.06. The van der Waals surface area contributed by atoms with E-state index in [2.05, 4.69) is 5.32 Å². The quantitative estimate of drug-likeness (QED) is 0.839. The van der Waals surface area contributed by atoms with Gasteiger partial charge in [0, 0.05) is 31.7 Å². The third-order valence-corrected chi connectivity index (χ3v) is 4.18. The molecule has 0 aromatic carbocycles. The Kier molecular flexibility index (Phi) is 5.25. The molecule has 3 amide bonds. The molecule has 0 atom stereocenters. The summed E-state index contributed by atoms with van der Waals surface area (Å²) >= 11 is 0. The highest BCUT2D eigenvalue weighted by atomic mass is 16.3. The molecule has 0 spiro atoms. The molecule has 2 heterocycles. The molecule has 0 radical (unpaired) electrons. The third-order valence-electron chi connectivity index (χ3n) is 4.18. The van der Waals surface area contributed by atoms with Gasteiger partial charge in [-0.25, -0.2) is 0 Å². The monoisotopic (exact) mass is 349 g/mol. The highest BCUT2D eigenvalue weighted by Crippen LogP contribution is 2.22. The van der Waals surface area contributed by atoms with Crippen molar-refractivity contribution >= 4 is 17.7 Å². The summed E-state index contributed by atoms with van der Waals surface area (Å²) in [5, 5.41) is 2.86. The highest BCUT2D eigenvalue weighted by molar-refractivity contribution is 6.04. The predicted octanol–water partition coefficient (Wildman–Crippen LogP) is 1.50. The molecule has 1 saturated heterocycles. The van der Waals surface area contributed by atoms with Gasteiger partial charge in [0.1, 0.15) is 5.41 Å². The molecule has 138 valence electrons. The molecule has 1 aromatic rings. The van der Waals surface area contributed by atoms with Crippen LogP contribution in [-0.4, -0.2) is 59.2 Å². The van der Waals surface area contributed by atoms with E-state index >= 15 is 0 Å². The summed E-state index contributed by atoms with van der Waals surface area (Å²) in [7, 11) is 0. The van der Waals surface area contributed by atoms with Gasteiger partial charge >= 0.3 is 0 Å². The van der Waals surface area contributed by atoms with E-state index in [-0.39, 0.29) is 17.7 Å². The normalized spacial score (nSPS) is 15.9. The fraction of sp³-hybridized carbons (Fsp3) is 0.611. The minimum atomic E-state index is -1.15. The zero-order valence-corrected chi connectivity index (χ0v) is 15.6. The Balaban J connectivity index is 1.96. The van der Waals surface area contributed by atoms with E-state index in [4.69, 9.17) is 4.42 Å². The fourth-order valence-electron chi connectivity index (χ4n) is 2.66. The number of rotatable bonds is 3. The summed E-state index contributed by atoms with van der Waals surface area (Å²) in [6.45, 7) is 10.5. The second-order valence-electron chi connectivity index (χ2n) is 7.89. The van der Waals surface area contributed by atoms with Crippen LogP contribution in [0.15, 0.2) is 22.8 Å². The van der Waals surface area contributed by atoms with Crippen LogP contribution in [0.5, 0.6) is 0 Å². The average molecular weight is 349 g/mol. The van der Waals surface area contributed by atoms with Gasteiger partial charge in [0.25, 0.3) is 5.91 Å². The summed E-state index contributed by atoms with van der Waals surface area (Å²) in [6.07, 6.45) is 1.46. The van der Waals surface area contributed by atoms with Crippen molar-refractivity contribution in [3.63, 3.8) is 0 Å². The van der Waals surface area contributed by atoms with Crippen LogP contribution in [0.3, 0.4) is 0 Å². The maximum atomic E-state index is 12.8. The summed E-state index contributed by atoms with van der Waals surface area (Å²) in [6, 6.07) is 3.29. The molecular formula is C18H27N3O4. The third kappa shape index (κ3) is 4.41. The molecule has 2 rings (SSSR count). The number of carbonyl (C=O) groups excluding carboxylic acids is 3. The fourth-order valence-corrected chi connectivity index (χ4v) is 2.66. The Morgan fingerprint density at radius 3 is 2.04 bits per heavy atom. The molecule has 1 aliphatic heterocycles. The lowest BCUT2D eigenvalue weighted by Crippen LogP contribution is -2.57. The number of hydrogen-bond acceptors (Lipinski definition) is 4. The number of furan rings is 1. The number of piperazine rings is 1. The molecule has 0 aliphatic carbocycles. The Labute approximate surface area is 148 Å². The van der Waals surface area contributed by atoms with E-state index in [0.717, 1.165) is 0 Å². The maximum absolute atomic E-state index is 12.8. The summed E-state index contributed by atoms with van der Waals surface area (Å²) < 4.78 is 5.13. The predicted molar refractivity (Wildman–Crippen MR) is 92.9 cm³/mol. The zero-order valence-electron chi connectivity index (χ0n) is 15.6. The van der Waals surface area contributed by atoms with E-state index in [1.165, 1.54) is 6.26 Å². The van der Waals surface area contributed by atoms with E-state index in [1.54, 1.807) is 35.8 Å². The molecule has 1 aromatic heterocycles. The minimum Gasteiger partial charge on any atom is -0.459 e. The van der Waals surface area contributed by atoms with Crippen molar-refractivity contribution in [2.45, 2.75) is 40.2 Å². The smallest absolute Gasteiger partial charge is 0.289 e. The second-order valence-corrected chi connectivity index (χ2v) is 7.89. The van der Waals surface area contributed by atoms with Crippen molar-refractivity contribution in [1.29, 1.82) is 0 Å². The van der Waals surface area contributed by atoms with Gasteiger partial charge in [-0.05, 0) is 46.8 Å². The Hall–Kier alpha value is -2.31. The number of amides is 3. The standard InChI is InChI=1S/C18H27N3O4/c1-17(2,3)19-15(23)18(4,5)16(24)21-10-8-20(9-11-21)14(22)13-7-6-12-25-13/h6-7,12H,8-11H2,1-5H3,(H,19,23). The van der Waals surface area contributed by atoms with Gasteiger partial charge < -0.3 is 19.5 Å². The van der Waals surface area contributed by atoms with Crippen LogP contribution in [0.2, 0.25) is 0 Å². The summed E-state index contributed by atoms with van der Waals surface area (Å²) in [4.78, 5) is 40.8. The number of carbonyl (C=O) groups is 3. The Morgan fingerprint density at radius 2 is 1.56 bits per heavy atom. The van der Waals surface area contributed by atoms with Gasteiger partial charge in [-0.2, -0.15) is 0 Å². The van der Waals surface area contributed by atoms with Gasteiger partial charge in [0.2, 0.25) is 11.8 Å². The van der Waals surface area contributed by atoms with Crippen molar-refractivity contribution in [2.24, 2.45) is 5.41 Å². The largest absolute Gasteiger partial charge is 0.459 e. The van der Waals surface area contributed by atoms with Gasteiger partial charge in [-0.3, -0.25) is 14.4 Å². The first-order chi connectivity index (χ1) is 11.5. The maximum Gasteiger partial charge on any atom is 0.289 e. The van der Waals surface area contributed by atoms with Crippen LogP contribution in [0.1, 0.15) is 45.2 Å². The van der Waals surface area contributed by atoms with Crippen LogP contribution in [-0.2, 0) is 9.59 Å². The first-order valence-corrected chi connectivity index (χ1v) is 8.47. The Bertz CT molecular complexity index is 636. The second kappa shape index (κ2) is 6.90. The highest BCUT2D eigenvalue weighted by Gasteiger charge is 2.41. The van der Waals surface area contributed by atoms with E-state index in [9.17, 15) is 14.4 Å². The van der Waals surface area contributed by atoms with E-state index in [1.807, 2.05) is 20.8 Å². The van der Waals surface area contributed by atoms with Gasteiger partial charge in [-0.1, -0.05) is 0 Å². The van der Waals surface area contributed by atoms with Crippen LogP contribution < -0.4 is 5.32 Å². The van der Waals surface area contributed by atoms with Gasteiger partial charge in [0.05, 0.1) is 6.26 Å². The molecule has 0 unspecified atom stereocenters. The van der Waals surface area contributed by atoms with Crippen molar-refractivity contribution < 1.29 is 18.8 Å². The molecule has 25 heavy (non-hydrogen) atoms. The van der Waals surface area contributed by atoms with Crippen LogP contribution >= 0.6 is 0 Å². The molecule has 0 saturated carbocycles. The summed E-state index contributed by atoms with van der Waals surface area (Å²) in [5.41, 5.74) is -1.55. The minimum absolute atomic E-state index is 0.179. The zero-order chi connectivity index (χ0) is 18.8. The molecule has 1 fully saturated rings. The van der Waals surface area contributed by atoms with Crippen LogP contribution in [0, 0.1) is 5.41 Å². The number of nitrogens with zero attached hydrogens (tertiary/aromatic N) is 2. The Morgan fingerprint density at radius 1 is 1.00 bits per heavy atom. The molecule has 1 N–H and O–H groups in total. The molecular weight excluding hydrogens is 322 g/mol. The van der Waals surface area contributed by atoms with E-state index in [0.29, 0.717) is 31.9 Å². The lowest BCUT2D eigenvalue weighted by molar-refractivity contribution is -0.150. The lowest BCUT2D eigenvalue weighted by atomic mass is 9.88. The van der Waals surface area contributed by atoms with Crippen molar-refractivity contribution in [3.8, 4) is 0 Å². The van der Waals surface area contributed by atoms with E-state index < -0.39 is 11.0 Å². The molecule has 7 nitrogen and oxygen atoms in total. The molecule has 1 aliphatic rings. The van der Waals surface area contributed by atoms with Crippen LogP contribution in [0.25, 0.3) is 0 Å². The molecule has 7 heteroatoms. The summed E-state index contributed by atoms with van der Waals surface area (Å²) in [5.74, 6) is -0.398. The SMILES string of the molecule is CC(C)(C)NC(=O)C(C)(C)C(=O)N1CCN(C(=O)c2ccco2)CC1. The first kappa shape index (κ1) is 19.0. The number of hydrogen-bond donors (Lipinski definition) is 1. The lowest BCUT2D eigenvalue weighted by Gasteiger charge is -2.38. The van der Waals surface area contributed by atoms with Crippen LogP contribution in [0.4, 0.5) is 0 Å². The van der Waals surface area contributed by atoms with Gasteiger partial charge in [0.15, 0.2) is 5.76 Å². The topological polar surface area (TPSA) is 82.9 Å². The number of nitrogens with one attached hydrogen (secondary N) is 1. The first-order valence-electron chi connectivity index (χ1n) is 8.47. The van der Waals surface area contributed by atoms with Crippen molar-refractivity contribution in [3.05, 3.63) is 24.2 Å². The molecule has 0 bridgehead atoms.